The van der Waals surface area contributed by atoms with Crippen LogP contribution in [0.15, 0.2) is 12.1 Å². The predicted molar refractivity (Wildman–Crippen MR) is 108 cm³/mol. The Morgan fingerprint density at radius 2 is 1.96 bits per heavy atom. The zero-order valence-electron chi connectivity index (χ0n) is 15.8. The van der Waals surface area contributed by atoms with E-state index in [-0.39, 0.29) is 24.2 Å². The fourth-order valence-electron chi connectivity index (χ4n) is 3.23. The van der Waals surface area contributed by atoms with Crippen molar-refractivity contribution in [2.75, 3.05) is 25.4 Å². The van der Waals surface area contributed by atoms with Crippen molar-refractivity contribution >= 4 is 44.8 Å². The van der Waals surface area contributed by atoms with Gasteiger partial charge in [-0.25, -0.2) is 12.7 Å². The molecule has 27 heavy (non-hydrogen) atoms. The van der Waals surface area contributed by atoms with Crippen molar-refractivity contribution in [2.24, 2.45) is 0 Å². The van der Waals surface area contributed by atoms with Gasteiger partial charge in [0.05, 0.1) is 21.0 Å². The average Bonchev–Trinajstić information content (AvgIpc) is 3.01. The third-order valence-corrected chi connectivity index (χ3v) is 7.72. The summed E-state index contributed by atoms with van der Waals surface area (Å²) in [6.07, 6.45) is 1.24. The largest absolute Gasteiger partial charge is 0.350 e. The summed E-state index contributed by atoms with van der Waals surface area (Å²) in [5, 5.41) is 2.57. The lowest BCUT2D eigenvalue weighted by molar-refractivity contribution is -0.126. The van der Waals surface area contributed by atoms with Gasteiger partial charge in [0.1, 0.15) is 0 Å². The lowest BCUT2D eigenvalue weighted by Gasteiger charge is -2.39. The number of thiophene rings is 1. The molecule has 1 aromatic rings. The van der Waals surface area contributed by atoms with Gasteiger partial charge in [0, 0.05) is 32.6 Å². The van der Waals surface area contributed by atoms with Crippen LogP contribution in [-0.4, -0.2) is 66.9 Å². The molecular formula is C17H26ClN3O4S2. The topological polar surface area (TPSA) is 86.8 Å². The number of hydrogen-bond acceptors (Lipinski definition) is 6. The van der Waals surface area contributed by atoms with E-state index in [2.05, 4.69) is 24.1 Å². The van der Waals surface area contributed by atoms with Gasteiger partial charge in [0.25, 0.3) is 5.91 Å². The van der Waals surface area contributed by atoms with Crippen LogP contribution in [0.4, 0.5) is 0 Å². The highest BCUT2D eigenvalue weighted by molar-refractivity contribution is 7.89. The van der Waals surface area contributed by atoms with Gasteiger partial charge in [0.2, 0.25) is 15.9 Å². The number of hydrogen-bond donors (Lipinski definition) is 1. The van der Waals surface area contributed by atoms with Gasteiger partial charge < -0.3 is 10.2 Å². The first kappa shape index (κ1) is 22.1. The smallest absolute Gasteiger partial charge is 0.261 e. The summed E-state index contributed by atoms with van der Waals surface area (Å²) in [6, 6.07) is 3.27. The molecule has 0 aliphatic carbocycles. The third-order valence-electron chi connectivity index (χ3n) is 4.61. The monoisotopic (exact) mass is 435 g/mol. The highest BCUT2D eigenvalue weighted by Crippen LogP contribution is 2.22. The maximum absolute atomic E-state index is 12.7. The minimum atomic E-state index is -3.80. The van der Waals surface area contributed by atoms with Crippen LogP contribution < -0.4 is 5.32 Å². The van der Waals surface area contributed by atoms with E-state index in [1.165, 1.54) is 6.92 Å². The van der Waals surface area contributed by atoms with Crippen LogP contribution in [0.25, 0.3) is 0 Å². The molecule has 1 saturated heterocycles. The van der Waals surface area contributed by atoms with Crippen LogP contribution in [0, 0.1) is 0 Å². The third kappa shape index (κ3) is 5.91. The number of piperidine rings is 1. The van der Waals surface area contributed by atoms with Crippen molar-refractivity contribution < 1.29 is 18.0 Å². The Bertz CT molecular complexity index is 771. The van der Waals surface area contributed by atoms with Gasteiger partial charge in [-0.1, -0.05) is 11.6 Å². The number of nitrogens with one attached hydrogen (secondary N) is 1. The highest BCUT2D eigenvalue weighted by Gasteiger charge is 2.34. The summed E-state index contributed by atoms with van der Waals surface area (Å²) in [5.41, 5.74) is 0. The normalized spacial score (nSPS) is 16.5. The van der Waals surface area contributed by atoms with Gasteiger partial charge >= 0.3 is 0 Å². The first-order valence-electron chi connectivity index (χ1n) is 8.92. The molecule has 0 unspecified atom stereocenters. The Kier molecular flexibility index (Phi) is 7.67. The lowest BCUT2D eigenvalue weighted by Crippen LogP contribution is -2.51. The molecule has 1 fully saturated rings. The van der Waals surface area contributed by atoms with Crippen molar-refractivity contribution in [3.8, 4) is 0 Å². The minimum absolute atomic E-state index is 0.0642. The molecule has 0 atom stereocenters. The number of nitrogens with zero attached hydrogens (tertiary/aromatic N) is 2. The molecule has 1 aliphatic heterocycles. The number of amides is 2. The van der Waals surface area contributed by atoms with Crippen molar-refractivity contribution in [2.45, 2.75) is 45.7 Å². The molecule has 2 rings (SSSR count). The van der Waals surface area contributed by atoms with Gasteiger partial charge in [-0.2, -0.15) is 0 Å². The van der Waals surface area contributed by atoms with E-state index in [0.717, 1.165) is 28.7 Å². The van der Waals surface area contributed by atoms with E-state index >= 15 is 0 Å². The molecule has 1 aromatic heterocycles. The molecule has 152 valence electrons. The molecule has 0 bridgehead atoms. The molecule has 0 spiro atoms. The summed E-state index contributed by atoms with van der Waals surface area (Å²) >= 11 is 6.92. The molecule has 0 radical (unpaired) electrons. The summed E-state index contributed by atoms with van der Waals surface area (Å²) in [4.78, 5) is 26.8. The second kappa shape index (κ2) is 9.36. The number of carbonyl (C=O) groups excluding carboxylic acids is 2. The zero-order chi connectivity index (χ0) is 20.2. The molecule has 7 nitrogen and oxygen atoms in total. The van der Waals surface area contributed by atoms with Gasteiger partial charge in [-0.05, 0) is 38.8 Å². The van der Waals surface area contributed by atoms with Gasteiger partial charge in [-0.15, -0.1) is 11.3 Å². The van der Waals surface area contributed by atoms with Crippen LogP contribution >= 0.6 is 22.9 Å². The molecule has 1 aliphatic rings. The molecule has 2 heterocycles. The van der Waals surface area contributed by atoms with E-state index in [1.54, 1.807) is 12.1 Å². The number of carbonyl (C=O) groups is 2. The summed E-state index contributed by atoms with van der Waals surface area (Å²) in [5.74, 6) is -1.17. The Labute approximate surface area is 169 Å². The summed E-state index contributed by atoms with van der Waals surface area (Å²) in [7, 11) is -3.80. The van der Waals surface area contributed by atoms with Crippen LogP contribution in [0.3, 0.4) is 0 Å². The Morgan fingerprint density at radius 3 is 2.44 bits per heavy atom. The number of halogens is 1. The van der Waals surface area contributed by atoms with Crippen LogP contribution in [0.2, 0.25) is 4.34 Å². The molecule has 0 aromatic carbocycles. The second-order valence-electron chi connectivity index (χ2n) is 6.85. The molecule has 0 saturated carbocycles. The van der Waals surface area contributed by atoms with Crippen molar-refractivity contribution in [3.63, 3.8) is 0 Å². The fourth-order valence-corrected chi connectivity index (χ4v) is 5.81. The first-order valence-corrected chi connectivity index (χ1v) is 11.7. The van der Waals surface area contributed by atoms with Crippen LogP contribution in [0.1, 0.15) is 43.3 Å². The highest BCUT2D eigenvalue weighted by atomic mass is 35.5. The van der Waals surface area contributed by atoms with Crippen LogP contribution in [0.5, 0.6) is 0 Å². The average molecular weight is 436 g/mol. The predicted octanol–water partition coefficient (Wildman–Crippen LogP) is 2.18. The fraction of sp³-hybridized carbons (Fsp3) is 0.647. The van der Waals surface area contributed by atoms with E-state index < -0.39 is 15.9 Å². The number of rotatable bonds is 7. The van der Waals surface area contributed by atoms with Crippen molar-refractivity contribution in [1.29, 1.82) is 0 Å². The summed E-state index contributed by atoms with van der Waals surface area (Å²) < 4.78 is 27.0. The maximum Gasteiger partial charge on any atom is 0.261 e. The summed E-state index contributed by atoms with van der Waals surface area (Å²) in [6.45, 7) is 6.94. The first-order chi connectivity index (χ1) is 12.6. The minimum Gasteiger partial charge on any atom is -0.350 e. The molecular weight excluding hydrogens is 410 g/mol. The lowest BCUT2D eigenvalue weighted by atomic mass is 10.0. The van der Waals surface area contributed by atoms with E-state index in [9.17, 15) is 18.0 Å². The van der Waals surface area contributed by atoms with Gasteiger partial charge in [0.15, 0.2) is 0 Å². The SMILES string of the molecule is CC(=O)N(C1CCN(C(C)C)CC1)S(=O)(=O)CCNC(=O)c1ccc(Cl)s1. The van der Waals surface area contributed by atoms with Crippen molar-refractivity contribution in [1.82, 2.24) is 14.5 Å². The Balaban J connectivity index is 1.95. The standard InChI is InChI=1S/C17H26ClN3O4S2/c1-12(2)20-9-6-14(7-10-20)21(13(3)22)27(24,25)11-8-19-17(23)15-4-5-16(18)26-15/h4-5,12,14H,6-11H2,1-3H3,(H,19,23). The molecule has 10 heteroatoms. The zero-order valence-corrected chi connectivity index (χ0v) is 18.2. The Morgan fingerprint density at radius 1 is 1.33 bits per heavy atom. The van der Waals surface area contributed by atoms with Crippen LogP contribution in [-0.2, 0) is 14.8 Å². The molecule has 2 amide bonds. The van der Waals surface area contributed by atoms with E-state index in [0.29, 0.717) is 28.1 Å². The second-order valence-corrected chi connectivity index (χ2v) is 10.5. The van der Waals surface area contributed by atoms with E-state index in [1.807, 2.05) is 0 Å². The van der Waals surface area contributed by atoms with Crippen molar-refractivity contribution in [3.05, 3.63) is 21.3 Å². The number of likely N-dealkylation sites (tertiary alicyclic amines) is 1. The quantitative estimate of drug-likeness (QED) is 0.709. The Hall–Kier alpha value is -1.16. The maximum atomic E-state index is 12.7. The van der Waals surface area contributed by atoms with Gasteiger partial charge in [-0.3, -0.25) is 9.59 Å². The molecule has 1 N–H and O–H groups in total. The van der Waals surface area contributed by atoms with E-state index in [4.69, 9.17) is 11.6 Å². The number of sulfonamides is 1.